The minimum absolute atomic E-state index is 0.0492. The standard InChI is InChI=1S/C16H24N2O8/c1-9(19)17-7-5-3-4-6-8-18-16(22)26-13-11-10(24-15(13)21)12(23-2)14(20)25-11/h10-13H,3-8H2,1-2H3,(H,17,19)(H,18,22)/t10-,11-,12-,13+/m0/s1. The van der Waals surface area contributed by atoms with Gasteiger partial charge < -0.3 is 29.6 Å². The van der Waals surface area contributed by atoms with E-state index in [1.807, 2.05) is 0 Å². The van der Waals surface area contributed by atoms with E-state index in [1.54, 1.807) is 0 Å². The smallest absolute Gasteiger partial charge is 0.408 e. The Balaban J connectivity index is 1.63. The Morgan fingerprint density at radius 1 is 0.923 bits per heavy atom. The number of hydrogen-bond acceptors (Lipinski definition) is 8. The molecule has 0 radical (unpaired) electrons. The molecule has 146 valence electrons. The zero-order valence-electron chi connectivity index (χ0n) is 14.8. The van der Waals surface area contributed by atoms with Crippen molar-refractivity contribution in [1.82, 2.24) is 10.6 Å². The van der Waals surface area contributed by atoms with Crippen LogP contribution in [0.25, 0.3) is 0 Å². The Labute approximate surface area is 150 Å². The fourth-order valence-electron chi connectivity index (χ4n) is 2.83. The second kappa shape index (κ2) is 9.37. The van der Waals surface area contributed by atoms with Crippen molar-refractivity contribution >= 4 is 23.9 Å². The summed E-state index contributed by atoms with van der Waals surface area (Å²) in [6.45, 7) is 2.49. The second-order valence-corrected chi connectivity index (χ2v) is 6.11. The Morgan fingerprint density at radius 2 is 1.46 bits per heavy atom. The fourth-order valence-corrected chi connectivity index (χ4v) is 2.83. The maximum Gasteiger partial charge on any atom is 0.408 e. The van der Waals surface area contributed by atoms with E-state index in [9.17, 15) is 19.2 Å². The van der Waals surface area contributed by atoms with E-state index in [-0.39, 0.29) is 5.91 Å². The van der Waals surface area contributed by atoms with Crippen molar-refractivity contribution in [2.75, 3.05) is 20.2 Å². The van der Waals surface area contributed by atoms with E-state index < -0.39 is 42.4 Å². The van der Waals surface area contributed by atoms with Crippen molar-refractivity contribution in [1.29, 1.82) is 0 Å². The van der Waals surface area contributed by atoms with Crippen molar-refractivity contribution < 1.29 is 38.1 Å². The van der Waals surface area contributed by atoms with Crippen molar-refractivity contribution in [3.63, 3.8) is 0 Å². The Kier molecular flexibility index (Phi) is 7.19. The quantitative estimate of drug-likeness (QED) is 0.319. The molecule has 2 aliphatic rings. The summed E-state index contributed by atoms with van der Waals surface area (Å²) in [4.78, 5) is 45.9. The van der Waals surface area contributed by atoms with Gasteiger partial charge in [-0.05, 0) is 12.8 Å². The van der Waals surface area contributed by atoms with Crippen LogP contribution in [0.1, 0.15) is 32.6 Å². The lowest BCUT2D eigenvalue weighted by Crippen LogP contribution is -2.39. The third-order valence-corrected chi connectivity index (χ3v) is 4.12. The number of hydrogen-bond donors (Lipinski definition) is 2. The highest BCUT2D eigenvalue weighted by atomic mass is 16.7. The maximum absolute atomic E-state index is 11.8. The summed E-state index contributed by atoms with van der Waals surface area (Å²) in [6.07, 6.45) is -1.55. The van der Waals surface area contributed by atoms with Crippen LogP contribution in [0.3, 0.4) is 0 Å². The molecule has 2 fully saturated rings. The lowest BCUT2D eigenvalue weighted by Gasteiger charge is -2.14. The van der Waals surface area contributed by atoms with Gasteiger partial charge in [0.1, 0.15) is 0 Å². The highest BCUT2D eigenvalue weighted by Crippen LogP contribution is 2.31. The molecule has 2 aliphatic heterocycles. The molecular weight excluding hydrogens is 348 g/mol. The number of unbranched alkanes of at least 4 members (excludes halogenated alkanes) is 3. The molecule has 2 amide bonds. The van der Waals surface area contributed by atoms with Crippen molar-refractivity contribution in [3.05, 3.63) is 0 Å². The third-order valence-electron chi connectivity index (χ3n) is 4.12. The number of carbonyl (C=O) groups is 4. The summed E-state index contributed by atoms with van der Waals surface area (Å²) < 4.78 is 20.0. The van der Waals surface area contributed by atoms with Gasteiger partial charge in [0, 0.05) is 27.1 Å². The van der Waals surface area contributed by atoms with Crippen LogP contribution >= 0.6 is 0 Å². The molecule has 0 aromatic carbocycles. The lowest BCUT2D eigenvalue weighted by molar-refractivity contribution is -0.160. The van der Waals surface area contributed by atoms with Gasteiger partial charge in [-0.15, -0.1) is 0 Å². The van der Waals surface area contributed by atoms with Gasteiger partial charge in [-0.2, -0.15) is 0 Å². The van der Waals surface area contributed by atoms with Crippen LogP contribution in [-0.4, -0.2) is 68.6 Å². The average Bonchev–Trinajstić information content (AvgIpc) is 3.04. The summed E-state index contributed by atoms with van der Waals surface area (Å²) in [5.74, 6) is -1.46. The van der Waals surface area contributed by atoms with Crippen molar-refractivity contribution in [2.24, 2.45) is 0 Å². The molecule has 0 aromatic heterocycles. The highest BCUT2D eigenvalue weighted by molar-refractivity contribution is 5.87. The van der Waals surface area contributed by atoms with E-state index in [0.29, 0.717) is 13.1 Å². The number of nitrogens with one attached hydrogen (secondary N) is 2. The van der Waals surface area contributed by atoms with Gasteiger partial charge in [-0.25, -0.2) is 14.4 Å². The molecule has 4 atom stereocenters. The van der Waals surface area contributed by atoms with E-state index in [1.165, 1.54) is 14.0 Å². The van der Waals surface area contributed by atoms with Crippen LogP contribution in [0.5, 0.6) is 0 Å². The van der Waals surface area contributed by atoms with E-state index in [2.05, 4.69) is 10.6 Å². The summed E-state index contributed by atoms with van der Waals surface area (Å²) in [5, 5.41) is 5.26. The molecule has 0 spiro atoms. The number of fused-ring (bicyclic) bond motifs is 1. The molecule has 2 saturated heterocycles. The summed E-state index contributed by atoms with van der Waals surface area (Å²) in [5.41, 5.74) is 0. The van der Waals surface area contributed by atoms with E-state index in [0.717, 1.165) is 25.7 Å². The molecule has 0 bridgehead atoms. The van der Waals surface area contributed by atoms with E-state index in [4.69, 9.17) is 18.9 Å². The molecule has 10 nitrogen and oxygen atoms in total. The lowest BCUT2D eigenvalue weighted by atomic mass is 10.1. The van der Waals surface area contributed by atoms with E-state index >= 15 is 0 Å². The van der Waals surface area contributed by atoms with Gasteiger partial charge >= 0.3 is 18.0 Å². The van der Waals surface area contributed by atoms with Gasteiger partial charge in [-0.3, -0.25) is 4.79 Å². The number of amides is 2. The second-order valence-electron chi connectivity index (χ2n) is 6.11. The Bertz CT molecular complexity index is 552. The van der Waals surface area contributed by atoms with Gasteiger partial charge in [0.05, 0.1) is 0 Å². The number of methoxy groups -OCH3 is 1. The minimum Gasteiger partial charge on any atom is -0.452 e. The third kappa shape index (κ3) is 5.07. The van der Waals surface area contributed by atoms with Gasteiger partial charge in [-0.1, -0.05) is 12.8 Å². The van der Waals surface area contributed by atoms with Crippen molar-refractivity contribution in [2.45, 2.75) is 57.0 Å². The average molecular weight is 372 g/mol. The predicted octanol–water partition coefficient (Wildman–Crippen LogP) is -0.356. The highest BCUT2D eigenvalue weighted by Gasteiger charge is 2.60. The monoisotopic (exact) mass is 372 g/mol. The molecule has 2 rings (SSSR count). The first-order chi connectivity index (χ1) is 12.4. The molecular formula is C16H24N2O8. The molecule has 0 unspecified atom stereocenters. The summed E-state index contributed by atoms with van der Waals surface area (Å²) in [6, 6.07) is 0. The largest absolute Gasteiger partial charge is 0.452 e. The summed E-state index contributed by atoms with van der Waals surface area (Å²) in [7, 11) is 1.30. The van der Waals surface area contributed by atoms with Gasteiger partial charge in [0.15, 0.2) is 18.3 Å². The first-order valence-corrected chi connectivity index (χ1v) is 8.56. The van der Waals surface area contributed by atoms with Gasteiger partial charge in [0.25, 0.3) is 0 Å². The van der Waals surface area contributed by atoms with Crippen LogP contribution in [0, 0.1) is 0 Å². The van der Waals surface area contributed by atoms with Crippen LogP contribution < -0.4 is 10.6 Å². The predicted molar refractivity (Wildman–Crippen MR) is 86.0 cm³/mol. The van der Waals surface area contributed by atoms with Crippen LogP contribution in [-0.2, 0) is 33.3 Å². The molecule has 10 heteroatoms. The molecule has 2 heterocycles. The molecule has 0 aromatic rings. The SMILES string of the molecule is CO[C@@H]1C(=O)O[C@H]2[C@@H]1OC(=O)[C@@H]2OC(=O)NCCCCCCNC(C)=O. The number of esters is 2. The van der Waals surface area contributed by atoms with Crippen LogP contribution in [0.15, 0.2) is 0 Å². The minimum atomic E-state index is -1.29. The first kappa shape index (κ1) is 20.0. The van der Waals surface area contributed by atoms with Gasteiger partial charge in [0.2, 0.25) is 12.0 Å². The molecule has 0 aliphatic carbocycles. The Hall–Kier alpha value is -2.36. The fraction of sp³-hybridized carbons (Fsp3) is 0.750. The zero-order valence-corrected chi connectivity index (χ0v) is 14.8. The zero-order chi connectivity index (χ0) is 19.1. The number of alkyl carbamates (subject to hydrolysis) is 1. The molecule has 2 N–H and O–H groups in total. The van der Waals surface area contributed by atoms with Crippen LogP contribution in [0.4, 0.5) is 4.79 Å². The molecule has 0 saturated carbocycles. The number of rotatable bonds is 9. The maximum atomic E-state index is 11.8. The number of ether oxygens (including phenoxy) is 4. The van der Waals surface area contributed by atoms with Crippen molar-refractivity contribution in [3.8, 4) is 0 Å². The first-order valence-electron chi connectivity index (χ1n) is 8.56. The summed E-state index contributed by atoms with van der Waals surface area (Å²) >= 11 is 0. The normalized spacial score (nSPS) is 26.7. The topological polar surface area (TPSA) is 129 Å². The number of carbonyl (C=O) groups excluding carboxylic acids is 4. The Morgan fingerprint density at radius 3 is 2.04 bits per heavy atom. The molecule has 26 heavy (non-hydrogen) atoms. The van der Waals surface area contributed by atoms with Crippen LogP contribution in [0.2, 0.25) is 0 Å².